The molecule has 18 heavy (non-hydrogen) atoms. The highest BCUT2D eigenvalue weighted by molar-refractivity contribution is 9.10. The normalized spacial score (nSPS) is 19.9. The molecule has 0 bridgehead atoms. The fourth-order valence-corrected chi connectivity index (χ4v) is 2.63. The Morgan fingerprint density at radius 3 is 2.50 bits per heavy atom. The molecular formula is C14H20BrNO2. The Morgan fingerprint density at radius 2 is 1.94 bits per heavy atom. The van der Waals surface area contributed by atoms with Crippen LogP contribution in [0.25, 0.3) is 0 Å². The van der Waals surface area contributed by atoms with Gasteiger partial charge in [-0.2, -0.15) is 0 Å². The molecule has 1 saturated heterocycles. The van der Waals surface area contributed by atoms with Crippen molar-refractivity contribution in [3.8, 4) is 0 Å². The number of hydrogen-bond acceptors (Lipinski definition) is 3. The van der Waals surface area contributed by atoms with E-state index in [1.165, 1.54) is 0 Å². The molecule has 1 aromatic carbocycles. The third-order valence-electron chi connectivity index (χ3n) is 3.55. The second kappa shape index (κ2) is 6.66. The lowest BCUT2D eigenvalue weighted by molar-refractivity contribution is 0.0242. The van der Waals surface area contributed by atoms with Gasteiger partial charge in [0.2, 0.25) is 0 Å². The fourth-order valence-electron chi connectivity index (χ4n) is 2.36. The Kier molecular flexibility index (Phi) is 5.18. The zero-order valence-corrected chi connectivity index (χ0v) is 12.3. The molecule has 0 spiro atoms. The monoisotopic (exact) mass is 313 g/mol. The lowest BCUT2D eigenvalue weighted by Crippen LogP contribution is -2.38. The van der Waals surface area contributed by atoms with Crippen LogP contribution in [0.15, 0.2) is 28.7 Å². The van der Waals surface area contributed by atoms with Crippen molar-refractivity contribution >= 4 is 15.9 Å². The molecule has 2 rings (SSSR count). The number of benzene rings is 1. The molecule has 1 N–H and O–H groups in total. The van der Waals surface area contributed by atoms with Gasteiger partial charge in [-0.1, -0.05) is 28.1 Å². The average molecular weight is 314 g/mol. The molecule has 100 valence electrons. The maximum atomic E-state index is 10.2. The lowest BCUT2D eigenvalue weighted by Gasteiger charge is -2.32. The highest BCUT2D eigenvalue weighted by Gasteiger charge is 2.21. The van der Waals surface area contributed by atoms with E-state index in [-0.39, 0.29) is 0 Å². The summed E-state index contributed by atoms with van der Waals surface area (Å²) in [5.74, 6) is 0. The lowest BCUT2D eigenvalue weighted by atomic mass is 10.1. The number of piperidine rings is 1. The number of halogens is 1. The maximum Gasteiger partial charge on any atom is 0.0916 e. The number of hydrogen-bond donors (Lipinski definition) is 1. The van der Waals surface area contributed by atoms with Crippen molar-refractivity contribution < 1.29 is 9.84 Å². The van der Waals surface area contributed by atoms with Gasteiger partial charge in [0, 0.05) is 31.2 Å². The van der Waals surface area contributed by atoms with Crippen LogP contribution in [-0.2, 0) is 4.74 Å². The zero-order valence-electron chi connectivity index (χ0n) is 10.7. The van der Waals surface area contributed by atoms with Crippen molar-refractivity contribution in [2.24, 2.45) is 0 Å². The van der Waals surface area contributed by atoms with Crippen molar-refractivity contribution in [2.75, 3.05) is 26.7 Å². The van der Waals surface area contributed by atoms with Crippen LogP contribution in [0.3, 0.4) is 0 Å². The van der Waals surface area contributed by atoms with Gasteiger partial charge in [-0.15, -0.1) is 0 Å². The van der Waals surface area contributed by atoms with Crippen LogP contribution >= 0.6 is 15.9 Å². The summed E-state index contributed by atoms with van der Waals surface area (Å²) in [6.07, 6.45) is 2.11. The fraction of sp³-hybridized carbons (Fsp3) is 0.571. The molecule has 3 nitrogen and oxygen atoms in total. The van der Waals surface area contributed by atoms with Gasteiger partial charge in [0.1, 0.15) is 0 Å². The van der Waals surface area contributed by atoms with Gasteiger partial charge in [0.25, 0.3) is 0 Å². The number of aliphatic hydroxyl groups is 1. The quantitative estimate of drug-likeness (QED) is 0.927. The van der Waals surface area contributed by atoms with Gasteiger partial charge in [-0.05, 0) is 30.5 Å². The number of aliphatic hydroxyl groups excluding tert-OH is 1. The summed E-state index contributed by atoms with van der Waals surface area (Å²) >= 11 is 3.40. The van der Waals surface area contributed by atoms with Crippen LogP contribution in [0.1, 0.15) is 24.5 Å². The molecule has 0 aliphatic carbocycles. The topological polar surface area (TPSA) is 32.7 Å². The van der Waals surface area contributed by atoms with Crippen LogP contribution in [0.2, 0.25) is 0 Å². The Morgan fingerprint density at radius 1 is 1.33 bits per heavy atom. The van der Waals surface area contributed by atoms with Gasteiger partial charge in [-0.3, -0.25) is 0 Å². The number of methoxy groups -OCH3 is 1. The summed E-state index contributed by atoms with van der Waals surface area (Å²) in [6, 6.07) is 7.87. The Labute approximate surface area is 117 Å². The van der Waals surface area contributed by atoms with Crippen molar-refractivity contribution in [2.45, 2.75) is 25.0 Å². The molecule has 1 aliphatic rings. The highest BCUT2D eigenvalue weighted by atomic mass is 79.9. The van der Waals surface area contributed by atoms with Gasteiger partial charge >= 0.3 is 0 Å². The van der Waals surface area contributed by atoms with Crippen molar-refractivity contribution in [3.05, 3.63) is 34.3 Å². The van der Waals surface area contributed by atoms with Crippen LogP contribution in [-0.4, -0.2) is 42.9 Å². The highest BCUT2D eigenvalue weighted by Crippen LogP contribution is 2.20. The van der Waals surface area contributed by atoms with E-state index >= 15 is 0 Å². The molecule has 4 heteroatoms. The van der Waals surface area contributed by atoms with E-state index in [2.05, 4.69) is 20.8 Å². The van der Waals surface area contributed by atoms with E-state index in [4.69, 9.17) is 4.74 Å². The zero-order chi connectivity index (χ0) is 13.0. The SMILES string of the molecule is COC1CCN(CC(O)c2ccc(Br)cc2)CC1. The molecule has 1 unspecified atom stereocenters. The minimum atomic E-state index is -0.405. The van der Waals surface area contributed by atoms with E-state index in [0.29, 0.717) is 12.6 Å². The van der Waals surface area contributed by atoms with Crippen LogP contribution in [0.5, 0.6) is 0 Å². The first-order chi connectivity index (χ1) is 8.69. The average Bonchev–Trinajstić information content (AvgIpc) is 2.40. The standard InChI is InChI=1S/C14H20BrNO2/c1-18-13-6-8-16(9-7-13)10-14(17)11-2-4-12(15)5-3-11/h2-5,13-14,17H,6-10H2,1H3. The summed E-state index contributed by atoms with van der Waals surface area (Å²) in [4.78, 5) is 2.31. The Balaban J connectivity index is 1.84. The third kappa shape index (κ3) is 3.79. The number of ether oxygens (including phenoxy) is 1. The second-order valence-electron chi connectivity index (χ2n) is 4.80. The van der Waals surface area contributed by atoms with Crippen LogP contribution in [0, 0.1) is 0 Å². The maximum absolute atomic E-state index is 10.2. The van der Waals surface area contributed by atoms with Gasteiger partial charge in [0.05, 0.1) is 12.2 Å². The predicted octanol–water partition coefficient (Wildman–Crippen LogP) is 2.59. The van der Waals surface area contributed by atoms with Gasteiger partial charge in [0.15, 0.2) is 0 Å². The minimum Gasteiger partial charge on any atom is -0.387 e. The first-order valence-corrected chi connectivity index (χ1v) is 7.17. The van der Waals surface area contributed by atoms with E-state index in [1.54, 1.807) is 7.11 Å². The number of rotatable bonds is 4. The minimum absolute atomic E-state index is 0.395. The van der Waals surface area contributed by atoms with Crippen LogP contribution < -0.4 is 0 Å². The molecule has 0 radical (unpaired) electrons. The molecule has 1 aliphatic heterocycles. The number of likely N-dealkylation sites (tertiary alicyclic amines) is 1. The summed E-state index contributed by atoms with van der Waals surface area (Å²) in [5.41, 5.74) is 0.979. The van der Waals surface area contributed by atoms with E-state index in [1.807, 2.05) is 24.3 Å². The van der Waals surface area contributed by atoms with E-state index in [9.17, 15) is 5.11 Å². The van der Waals surface area contributed by atoms with E-state index in [0.717, 1.165) is 36.0 Å². The first-order valence-electron chi connectivity index (χ1n) is 6.37. The Hall–Kier alpha value is -0.420. The first kappa shape index (κ1) is 14.0. The number of β-amino-alcohol motifs (C(OH)–C–C–N with tert-alkyl or cyclic N) is 1. The van der Waals surface area contributed by atoms with Gasteiger partial charge in [-0.25, -0.2) is 0 Å². The molecule has 0 aromatic heterocycles. The summed E-state index contributed by atoms with van der Waals surface area (Å²) in [5, 5.41) is 10.2. The molecule has 1 fully saturated rings. The van der Waals surface area contributed by atoms with Crippen LogP contribution in [0.4, 0.5) is 0 Å². The molecule has 1 aromatic rings. The largest absolute Gasteiger partial charge is 0.387 e. The van der Waals surface area contributed by atoms with E-state index < -0.39 is 6.10 Å². The second-order valence-corrected chi connectivity index (χ2v) is 5.72. The number of nitrogens with zero attached hydrogens (tertiary/aromatic N) is 1. The van der Waals surface area contributed by atoms with Crippen molar-refractivity contribution in [3.63, 3.8) is 0 Å². The molecule has 1 heterocycles. The predicted molar refractivity (Wildman–Crippen MR) is 75.6 cm³/mol. The van der Waals surface area contributed by atoms with Crippen molar-refractivity contribution in [1.29, 1.82) is 0 Å². The third-order valence-corrected chi connectivity index (χ3v) is 4.08. The molecule has 1 atom stereocenters. The summed E-state index contributed by atoms with van der Waals surface area (Å²) in [6.45, 7) is 2.72. The van der Waals surface area contributed by atoms with Gasteiger partial charge < -0.3 is 14.7 Å². The molecule has 0 amide bonds. The summed E-state index contributed by atoms with van der Waals surface area (Å²) < 4.78 is 6.39. The molecular weight excluding hydrogens is 294 g/mol. The summed E-state index contributed by atoms with van der Waals surface area (Å²) in [7, 11) is 1.77. The Bertz CT molecular complexity index is 361. The molecule has 0 saturated carbocycles. The van der Waals surface area contributed by atoms with Crippen molar-refractivity contribution in [1.82, 2.24) is 4.90 Å². The smallest absolute Gasteiger partial charge is 0.0916 e.